The van der Waals surface area contributed by atoms with Crippen molar-refractivity contribution in [3.05, 3.63) is 87.5 Å². The topological polar surface area (TPSA) is 111 Å². The van der Waals surface area contributed by atoms with Crippen LogP contribution in [-0.4, -0.2) is 42.0 Å². The Hall–Kier alpha value is -4.17. The quantitative estimate of drug-likeness (QED) is 0.310. The van der Waals surface area contributed by atoms with Crippen LogP contribution in [0, 0.1) is 20.8 Å². The average molecular weight is 546 g/mol. The highest BCUT2D eigenvalue weighted by atomic mass is 16.6. The molecule has 0 atom stereocenters. The van der Waals surface area contributed by atoms with Crippen LogP contribution in [0.25, 0.3) is 11.1 Å². The molecule has 0 bridgehead atoms. The van der Waals surface area contributed by atoms with Crippen LogP contribution < -0.4 is 5.32 Å². The minimum atomic E-state index is -1.13. The zero-order valence-electron chi connectivity index (χ0n) is 23.7. The van der Waals surface area contributed by atoms with Gasteiger partial charge in [0.25, 0.3) is 0 Å². The fraction of sp³-hybridized carbons (Fsp3) is 0.344. The summed E-state index contributed by atoms with van der Waals surface area (Å²) >= 11 is 0. The van der Waals surface area contributed by atoms with Crippen LogP contribution in [0.2, 0.25) is 0 Å². The fourth-order valence-corrected chi connectivity index (χ4v) is 5.34. The molecule has 1 aliphatic rings. The van der Waals surface area contributed by atoms with Gasteiger partial charge in [0.05, 0.1) is 17.9 Å². The Morgan fingerprint density at radius 2 is 1.45 bits per heavy atom. The second kappa shape index (κ2) is 11.5. The lowest BCUT2D eigenvalue weighted by molar-refractivity contribution is -0.160. The predicted molar refractivity (Wildman–Crippen MR) is 152 cm³/mol. The summed E-state index contributed by atoms with van der Waals surface area (Å²) in [6, 6.07) is 16.1. The molecule has 0 fully saturated rings. The van der Waals surface area contributed by atoms with Gasteiger partial charge in [0.15, 0.2) is 0 Å². The molecule has 1 aliphatic carbocycles. The number of benzene rings is 3. The van der Waals surface area contributed by atoms with Crippen LogP contribution in [0.5, 0.6) is 0 Å². The zero-order chi connectivity index (χ0) is 29.2. The number of ether oxygens (including phenoxy) is 3. The lowest BCUT2D eigenvalue weighted by Gasteiger charge is -2.22. The van der Waals surface area contributed by atoms with E-state index in [1.54, 1.807) is 41.5 Å². The standard InChI is InChI=1S/C32H35NO7/c1-18-25(15-38-17-27(34)40-32(4,5)6)19(2)29(20(3)28(18)30(35)36)33-31(37)39-16-26-23-13-9-7-11-21(23)22-12-8-10-14-24(22)26/h7-14,26H,15-17H2,1-6H3,(H,33,37)(H,35,36). The number of nitrogens with one attached hydrogen (secondary N) is 1. The Labute approximate surface area is 234 Å². The van der Waals surface area contributed by atoms with Gasteiger partial charge in [0, 0.05) is 5.92 Å². The molecule has 40 heavy (non-hydrogen) atoms. The highest BCUT2D eigenvalue weighted by molar-refractivity contribution is 5.97. The first-order valence-electron chi connectivity index (χ1n) is 13.2. The fourth-order valence-electron chi connectivity index (χ4n) is 5.34. The number of hydrogen-bond acceptors (Lipinski definition) is 6. The van der Waals surface area contributed by atoms with Crippen molar-refractivity contribution < 1.29 is 33.7 Å². The summed E-state index contributed by atoms with van der Waals surface area (Å²) in [5.74, 6) is -1.76. The molecule has 2 N–H and O–H groups in total. The zero-order valence-corrected chi connectivity index (χ0v) is 23.7. The van der Waals surface area contributed by atoms with E-state index in [4.69, 9.17) is 14.2 Å². The maximum atomic E-state index is 13.0. The van der Waals surface area contributed by atoms with Crippen molar-refractivity contribution in [2.24, 2.45) is 0 Å². The number of rotatable bonds is 8. The van der Waals surface area contributed by atoms with E-state index in [1.165, 1.54) is 0 Å². The second-order valence-corrected chi connectivity index (χ2v) is 10.9. The molecule has 4 rings (SSSR count). The molecule has 210 valence electrons. The molecule has 0 unspecified atom stereocenters. The van der Waals surface area contributed by atoms with Crippen molar-refractivity contribution in [2.45, 2.75) is 59.7 Å². The van der Waals surface area contributed by atoms with Crippen LogP contribution in [-0.2, 0) is 25.6 Å². The highest BCUT2D eigenvalue weighted by Gasteiger charge is 2.29. The molecule has 1 amide bonds. The maximum Gasteiger partial charge on any atom is 0.411 e. The van der Waals surface area contributed by atoms with Gasteiger partial charge >= 0.3 is 18.0 Å². The van der Waals surface area contributed by atoms with Gasteiger partial charge in [-0.15, -0.1) is 0 Å². The average Bonchev–Trinajstić information content (AvgIpc) is 3.20. The first-order valence-corrected chi connectivity index (χ1v) is 13.2. The molecule has 0 saturated carbocycles. The summed E-state index contributed by atoms with van der Waals surface area (Å²) < 4.78 is 16.6. The first kappa shape index (κ1) is 28.8. The number of carbonyl (C=O) groups excluding carboxylic acids is 2. The summed E-state index contributed by atoms with van der Waals surface area (Å²) in [4.78, 5) is 37.3. The van der Waals surface area contributed by atoms with Crippen molar-refractivity contribution >= 4 is 23.7 Å². The third-order valence-electron chi connectivity index (χ3n) is 7.08. The van der Waals surface area contributed by atoms with Gasteiger partial charge in [-0.3, -0.25) is 5.32 Å². The molecule has 0 aromatic heterocycles. The molecular weight excluding hydrogens is 510 g/mol. The number of fused-ring (bicyclic) bond motifs is 3. The minimum Gasteiger partial charge on any atom is -0.478 e. The van der Waals surface area contributed by atoms with Gasteiger partial charge < -0.3 is 19.3 Å². The van der Waals surface area contributed by atoms with Crippen molar-refractivity contribution in [1.82, 2.24) is 0 Å². The van der Waals surface area contributed by atoms with E-state index < -0.39 is 23.6 Å². The minimum absolute atomic E-state index is 0.0309. The number of aromatic carboxylic acids is 1. The normalized spacial score (nSPS) is 12.4. The molecular formula is C32H35NO7. The number of carbonyl (C=O) groups is 3. The monoisotopic (exact) mass is 545 g/mol. The highest BCUT2D eigenvalue weighted by Crippen LogP contribution is 2.44. The van der Waals surface area contributed by atoms with Crippen LogP contribution in [0.4, 0.5) is 10.5 Å². The van der Waals surface area contributed by atoms with Crippen molar-refractivity contribution in [3.8, 4) is 11.1 Å². The number of anilines is 1. The van der Waals surface area contributed by atoms with E-state index in [9.17, 15) is 19.5 Å². The maximum absolute atomic E-state index is 13.0. The summed E-state index contributed by atoms with van der Waals surface area (Å²) in [7, 11) is 0. The van der Waals surface area contributed by atoms with E-state index in [2.05, 4.69) is 17.4 Å². The smallest absolute Gasteiger partial charge is 0.411 e. The van der Waals surface area contributed by atoms with E-state index in [1.807, 2.05) is 36.4 Å². The lowest BCUT2D eigenvalue weighted by atomic mass is 9.91. The summed E-state index contributed by atoms with van der Waals surface area (Å²) in [6.07, 6.45) is -0.686. The largest absolute Gasteiger partial charge is 0.478 e. The van der Waals surface area contributed by atoms with Crippen LogP contribution in [0.15, 0.2) is 48.5 Å². The second-order valence-electron chi connectivity index (χ2n) is 10.9. The van der Waals surface area contributed by atoms with Gasteiger partial charge in [0.2, 0.25) is 0 Å². The number of hydrogen-bond donors (Lipinski definition) is 2. The summed E-state index contributed by atoms with van der Waals surface area (Å²) in [6.45, 7) is 10.2. The molecule has 8 nitrogen and oxygen atoms in total. The van der Waals surface area contributed by atoms with Crippen LogP contribution in [0.3, 0.4) is 0 Å². The Balaban J connectivity index is 1.52. The molecule has 0 heterocycles. The SMILES string of the molecule is Cc1c(COCC(=O)OC(C)(C)C)c(C)c(C(=O)O)c(C)c1NC(=O)OCC1c2ccccc2-c2ccccc21. The molecule has 3 aromatic rings. The van der Waals surface area contributed by atoms with Gasteiger partial charge in [-0.2, -0.15) is 0 Å². The molecule has 0 saturated heterocycles. The Morgan fingerprint density at radius 1 is 0.875 bits per heavy atom. The molecule has 0 aliphatic heterocycles. The first-order chi connectivity index (χ1) is 18.9. The number of carboxylic acids is 1. The van der Waals surface area contributed by atoms with Crippen molar-refractivity contribution in [1.29, 1.82) is 0 Å². The van der Waals surface area contributed by atoms with Crippen LogP contribution >= 0.6 is 0 Å². The molecule has 0 radical (unpaired) electrons. The third-order valence-corrected chi connectivity index (χ3v) is 7.08. The Bertz CT molecular complexity index is 1420. The van der Waals surface area contributed by atoms with Gasteiger partial charge in [-0.25, -0.2) is 14.4 Å². The number of carboxylic acid groups (broad SMARTS) is 1. The van der Waals surface area contributed by atoms with E-state index in [0.717, 1.165) is 22.3 Å². The van der Waals surface area contributed by atoms with Crippen LogP contribution in [0.1, 0.15) is 70.4 Å². The Morgan fingerprint density at radius 3 is 2.00 bits per heavy atom. The summed E-state index contributed by atoms with van der Waals surface area (Å²) in [5.41, 5.74) is 6.32. The van der Waals surface area contributed by atoms with E-state index >= 15 is 0 Å². The predicted octanol–water partition coefficient (Wildman–Crippen LogP) is 6.53. The Kier molecular flexibility index (Phi) is 8.30. The van der Waals surface area contributed by atoms with E-state index in [-0.39, 0.29) is 31.3 Å². The number of esters is 1. The lowest BCUT2D eigenvalue weighted by Crippen LogP contribution is -2.26. The molecule has 0 spiro atoms. The van der Waals surface area contributed by atoms with Crippen molar-refractivity contribution in [3.63, 3.8) is 0 Å². The molecule has 8 heteroatoms. The van der Waals surface area contributed by atoms with E-state index in [0.29, 0.717) is 27.9 Å². The van der Waals surface area contributed by atoms with Gasteiger partial charge in [-0.1, -0.05) is 48.5 Å². The van der Waals surface area contributed by atoms with Gasteiger partial charge in [0.1, 0.15) is 18.8 Å². The molecule has 3 aromatic carbocycles. The number of amides is 1. The third kappa shape index (κ3) is 6.02. The summed E-state index contributed by atoms with van der Waals surface area (Å²) in [5, 5.41) is 12.7. The van der Waals surface area contributed by atoms with Crippen molar-refractivity contribution in [2.75, 3.05) is 18.5 Å². The van der Waals surface area contributed by atoms with Gasteiger partial charge in [-0.05, 0) is 86.1 Å².